The van der Waals surface area contributed by atoms with Gasteiger partial charge in [0, 0.05) is 23.4 Å². The van der Waals surface area contributed by atoms with Gasteiger partial charge in [0.2, 0.25) is 0 Å². The van der Waals surface area contributed by atoms with Crippen molar-refractivity contribution in [2.45, 2.75) is 6.61 Å². The fraction of sp³-hybridized carbons (Fsp3) is 0.143. The topological polar surface area (TPSA) is 71.8 Å². The Morgan fingerprint density at radius 1 is 0.886 bits per heavy atom. The third kappa shape index (κ3) is 5.70. The minimum absolute atomic E-state index is 0.166. The fourth-order valence-electron chi connectivity index (χ4n) is 3.51. The molecule has 178 valence electrons. The van der Waals surface area contributed by atoms with Crippen LogP contribution in [0.15, 0.2) is 85.1 Å². The number of para-hydroxylation sites is 1. The van der Waals surface area contributed by atoms with Crippen molar-refractivity contribution in [3.8, 4) is 34.2 Å². The summed E-state index contributed by atoms with van der Waals surface area (Å²) in [7, 11) is 4.78. The molecule has 0 atom stereocenters. The van der Waals surface area contributed by atoms with Crippen LogP contribution in [0.1, 0.15) is 11.1 Å². The number of ether oxygens (including phenoxy) is 4. The van der Waals surface area contributed by atoms with E-state index in [4.69, 9.17) is 24.0 Å². The highest BCUT2D eigenvalue weighted by atomic mass is 16.5. The number of nitrogens with zero attached hydrogens (tertiary/aromatic N) is 2. The van der Waals surface area contributed by atoms with Gasteiger partial charge in [-0.25, -0.2) is 9.48 Å². The summed E-state index contributed by atoms with van der Waals surface area (Å²) in [5.41, 5.74) is 4.03. The SMILES string of the molecule is COc1ccc(COC(=O)/C=C/c2cn(-c3ccccc3)nc2-c2ccc(OC)c(OC)c2)cc1. The summed E-state index contributed by atoms with van der Waals surface area (Å²) in [6.45, 7) is 0.166. The largest absolute Gasteiger partial charge is 0.497 e. The van der Waals surface area contributed by atoms with Crippen LogP contribution in [0.3, 0.4) is 0 Å². The first kappa shape index (κ1) is 23.6. The van der Waals surface area contributed by atoms with Crippen molar-refractivity contribution in [3.63, 3.8) is 0 Å². The third-order valence-corrected chi connectivity index (χ3v) is 5.36. The number of carbonyl (C=O) groups excluding carboxylic acids is 1. The van der Waals surface area contributed by atoms with E-state index in [1.165, 1.54) is 6.08 Å². The van der Waals surface area contributed by atoms with Crippen LogP contribution in [0.25, 0.3) is 23.0 Å². The van der Waals surface area contributed by atoms with E-state index in [-0.39, 0.29) is 6.61 Å². The molecule has 1 aromatic heterocycles. The Morgan fingerprint density at radius 3 is 2.31 bits per heavy atom. The number of aromatic nitrogens is 2. The van der Waals surface area contributed by atoms with Crippen LogP contribution in [-0.4, -0.2) is 37.1 Å². The highest BCUT2D eigenvalue weighted by Gasteiger charge is 2.14. The molecule has 0 aliphatic carbocycles. The van der Waals surface area contributed by atoms with Crippen molar-refractivity contribution < 1.29 is 23.7 Å². The number of hydrogen-bond donors (Lipinski definition) is 0. The van der Waals surface area contributed by atoms with Gasteiger partial charge in [0.25, 0.3) is 0 Å². The lowest BCUT2D eigenvalue weighted by atomic mass is 10.1. The van der Waals surface area contributed by atoms with Gasteiger partial charge in [-0.1, -0.05) is 30.3 Å². The standard InChI is InChI=1S/C28H26N2O5/c1-32-24-13-9-20(10-14-24)19-35-27(31)16-12-22-18-30(23-7-5-4-6-8-23)29-28(22)21-11-15-25(33-2)26(17-21)34-3/h4-18H,19H2,1-3H3/b16-12+. The quantitative estimate of drug-likeness (QED) is 0.244. The summed E-state index contributed by atoms with van der Waals surface area (Å²) in [4.78, 5) is 12.4. The van der Waals surface area contributed by atoms with E-state index >= 15 is 0 Å². The number of esters is 1. The predicted molar refractivity (Wildman–Crippen MR) is 134 cm³/mol. The first-order valence-corrected chi connectivity index (χ1v) is 11.0. The highest BCUT2D eigenvalue weighted by Crippen LogP contribution is 2.33. The molecule has 0 amide bonds. The Balaban J connectivity index is 1.59. The van der Waals surface area contributed by atoms with E-state index in [1.807, 2.05) is 79.0 Å². The van der Waals surface area contributed by atoms with E-state index in [2.05, 4.69) is 0 Å². The molecular weight excluding hydrogens is 444 g/mol. The molecule has 4 rings (SSSR count). The summed E-state index contributed by atoms with van der Waals surface area (Å²) in [6.07, 6.45) is 4.98. The van der Waals surface area contributed by atoms with Crippen LogP contribution in [0.4, 0.5) is 0 Å². The Labute approximate surface area is 204 Å². The summed E-state index contributed by atoms with van der Waals surface area (Å²) in [5.74, 6) is 1.51. The van der Waals surface area contributed by atoms with Crippen LogP contribution >= 0.6 is 0 Å². The number of rotatable bonds is 9. The molecule has 7 nitrogen and oxygen atoms in total. The van der Waals surface area contributed by atoms with E-state index in [0.29, 0.717) is 17.2 Å². The van der Waals surface area contributed by atoms with Gasteiger partial charge in [0.1, 0.15) is 18.1 Å². The predicted octanol–water partition coefficient (Wildman–Crippen LogP) is 5.32. The van der Waals surface area contributed by atoms with E-state index in [1.54, 1.807) is 32.1 Å². The Hall–Kier alpha value is -4.52. The van der Waals surface area contributed by atoms with Gasteiger partial charge in [-0.3, -0.25) is 0 Å². The van der Waals surface area contributed by atoms with Crippen LogP contribution in [0.5, 0.6) is 17.2 Å². The summed E-state index contributed by atoms with van der Waals surface area (Å²) in [6, 6.07) is 22.7. The van der Waals surface area contributed by atoms with Gasteiger partial charge in [-0.05, 0) is 54.1 Å². The molecule has 0 N–H and O–H groups in total. The van der Waals surface area contributed by atoms with Crippen LogP contribution in [-0.2, 0) is 16.1 Å². The van der Waals surface area contributed by atoms with Crippen LogP contribution in [0.2, 0.25) is 0 Å². The van der Waals surface area contributed by atoms with Crippen molar-refractivity contribution in [1.29, 1.82) is 0 Å². The van der Waals surface area contributed by atoms with E-state index in [9.17, 15) is 4.79 Å². The first-order chi connectivity index (χ1) is 17.1. The lowest BCUT2D eigenvalue weighted by Crippen LogP contribution is -2.00. The molecule has 0 radical (unpaired) electrons. The first-order valence-electron chi connectivity index (χ1n) is 11.0. The summed E-state index contributed by atoms with van der Waals surface area (Å²) in [5, 5.41) is 4.77. The van der Waals surface area contributed by atoms with Gasteiger partial charge in [0.15, 0.2) is 11.5 Å². The maximum absolute atomic E-state index is 12.4. The second-order valence-corrected chi connectivity index (χ2v) is 7.57. The van der Waals surface area contributed by atoms with Gasteiger partial charge >= 0.3 is 5.97 Å². The van der Waals surface area contributed by atoms with Crippen molar-refractivity contribution >= 4 is 12.0 Å². The molecular formula is C28H26N2O5. The lowest BCUT2D eigenvalue weighted by Gasteiger charge is -2.09. The molecule has 0 saturated carbocycles. The average molecular weight is 471 g/mol. The molecule has 4 aromatic rings. The monoisotopic (exact) mass is 470 g/mol. The third-order valence-electron chi connectivity index (χ3n) is 5.36. The van der Waals surface area contributed by atoms with Crippen molar-refractivity contribution in [1.82, 2.24) is 9.78 Å². The zero-order valence-electron chi connectivity index (χ0n) is 19.8. The molecule has 0 unspecified atom stereocenters. The lowest BCUT2D eigenvalue weighted by molar-refractivity contribution is -0.138. The number of carbonyl (C=O) groups is 1. The molecule has 7 heteroatoms. The maximum Gasteiger partial charge on any atom is 0.331 e. The van der Waals surface area contributed by atoms with Gasteiger partial charge in [-0.2, -0.15) is 5.10 Å². The molecule has 0 fully saturated rings. The maximum atomic E-state index is 12.4. The highest BCUT2D eigenvalue weighted by molar-refractivity contribution is 5.88. The minimum Gasteiger partial charge on any atom is -0.497 e. The number of methoxy groups -OCH3 is 3. The second kappa shape index (κ2) is 11.1. The Morgan fingerprint density at radius 2 is 1.63 bits per heavy atom. The zero-order chi connectivity index (χ0) is 24.6. The van der Waals surface area contributed by atoms with Crippen LogP contribution in [0, 0.1) is 0 Å². The normalized spacial score (nSPS) is 10.8. The van der Waals surface area contributed by atoms with Gasteiger partial charge < -0.3 is 18.9 Å². The fourth-order valence-corrected chi connectivity index (χ4v) is 3.51. The Bertz CT molecular complexity index is 1310. The van der Waals surface area contributed by atoms with Crippen LogP contribution < -0.4 is 14.2 Å². The number of hydrogen-bond acceptors (Lipinski definition) is 6. The van der Waals surface area contributed by atoms with Gasteiger partial charge in [0.05, 0.1) is 27.0 Å². The molecule has 3 aromatic carbocycles. The molecule has 0 saturated heterocycles. The molecule has 0 aliphatic heterocycles. The average Bonchev–Trinajstić information content (AvgIpc) is 3.35. The molecule has 35 heavy (non-hydrogen) atoms. The van der Waals surface area contributed by atoms with Crippen molar-refractivity contribution in [2.24, 2.45) is 0 Å². The molecule has 0 aliphatic rings. The summed E-state index contributed by atoms with van der Waals surface area (Å²) < 4.78 is 23.1. The van der Waals surface area contributed by atoms with E-state index < -0.39 is 5.97 Å². The molecule has 0 spiro atoms. The summed E-state index contributed by atoms with van der Waals surface area (Å²) >= 11 is 0. The minimum atomic E-state index is -0.452. The molecule has 1 heterocycles. The smallest absolute Gasteiger partial charge is 0.331 e. The van der Waals surface area contributed by atoms with E-state index in [0.717, 1.165) is 28.1 Å². The zero-order valence-corrected chi connectivity index (χ0v) is 19.8. The second-order valence-electron chi connectivity index (χ2n) is 7.57. The van der Waals surface area contributed by atoms with Crippen molar-refractivity contribution in [3.05, 3.63) is 96.2 Å². The van der Waals surface area contributed by atoms with Gasteiger partial charge in [-0.15, -0.1) is 0 Å². The number of benzene rings is 3. The molecule has 0 bridgehead atoms. The van der Waals surface area contributed by atoms with Crippen molar-refractivity contribution in [2.75, 3.05) is 21.3 Å². The Kier molecular flexibility index (Phi) is 7.47.